The first-order valence-corrected chi connectivity index (χ1v) is 8.29. The van der Waals surface area contributed by atoms with E-state index < -0.39 is 23.9 Å². The van der Waals surface area contributed by atoms with E-state index in [0.717, 1.165) is 23.1 Å². The number of ether oxygens (including phenoxy) is 2. The Bertz CT molecular complexity index is 1060. The molecule has 0 amide bonds. The Morgan fingerprint density at radius 2 is 1.27 bits per heavy atom. The molecule has 0 radical (unpaired) electrons. The normalized spacial score (nSPS) is 22.8. The SMILES string of the molecule is CC1CC(c2ccc3c(c2)C(=O)OC3=O)c2cc3c(cc21)C(=O)OC3=O. The quantitative estimate of drug-likeness (QED) is 0.582. The van der Waals surface area contributed by atoms with Crippen LogP contribution >= 0.6 is 0 Å². The second-order valence-corrected chi connectivity index (χ2v) is 6.88. The number of fused-ring (bicyclic) bond motifs is 3. The Labute approximate surface area is 147 Å². The van der Waals surface area contributed by atoms with Crippen LogP contribution < -0.4 is 0 Å². The van der Waals surface area contributed by atoms with Gasteiger partial charge in [-0.05, 0) is 53.3 Å². The van der Waals surface area contributed by atoms with E-state index in [-0.39, 0.29) is 28.5 Å². The molecule has 2 unspecified atom stereocenters. The zero-order valence-electron chi connectivity index (χ0n) is 13.7. The first-order valence-electron chi connectivity index (χ1n) is 8.29. The highest BCUT2D eigenvalue weighted by atomic mass is 16.6. The molecule has 6 heteroatoms. The van der Waals surface area contributed by atoms with Gasteiger partial charge in [-0.3, -0.25) is 0 Å². The second kappa shape index (κ2) is 4.88. The molecular weight excluding hydrogens is 336 g/mol. The van der Waals surface area contributed by atoms with Crippen LogP contribution in [0.3, 0.4) is 0 Å². The zero-order chi connectivity index (χ0) is 18.2. The summed E-state index contributed by atoms with van der Waals surface area (Å²) in [6, 6.07) is 8.57. The highest BCUT2D eigenvalue weighted by molar-refractivity contribution is 6.15. The maximum absolute atomic E-state index is 11.9. The van der Waals surface area contributed by atoms with E-state index >= 15 is 0 Å². The van der Waals surface area contributed by atoms with E-state index in [1.165, 1.54) is 0 Å². The van der Waals surface area contributed by atoms with Gasteiger partial charge in [0.1, 0.15) is 0 Å². The number of rotatable bonds is 1. The minimum atomic E-state index is -0.638. The van der Waals surface area contributed by atoms with Crippen LogP contribution in [0.1, 0.15) is 83.3 Å². The van der Waals surface area contributed by atoms with Crippen LogP contribution in [0.15, 0.2) is 30.3 Å². The highest BCUT2D eigenvalue weighted by Gasteiger charge is 2.38. The molecule has 5 rings (SSSR count). The lowest BCUT2D eigenvalue weighted by Crippen LogP contribution is -2.02. The highest BCUT2D eigenvalue weighted by Crippen LogP contribution is 2.47. The van der Waals surface area contributed by atoms with Gasteiger partial charge in [-0.25, -0.2) is 19.2 Å². The van der Waals surface area contributed by atoms with Crippen molar-refractivity contribution in [3.8, 4) is 0 Å². The Kier molecular flexibility index (Phi) is 2.82. The standard InChI is InChI=1S/C20H12O6/c1-8-4-12(9-2-3-10-14(5-9)18(22)25-17(10)21)13-7-16-15(6-11(8)13)19(23)26-20(16)24/h2-3,5-8,12H,4H2,1H3. The number of esters is 4. The van der Waals surface area contributed by atoms with E-state index in [4.69, 9.17) is 4.74 Å². The Morgan fingerprint density at radius 1 is 0.731 bits per heavy atom. The van der Waals surface area contributed by atoms with Crippen molar-refractivity contribution in [2.24, 2.45) is 0 Å². The van der Waals surface area contributed by atoms with Crippen molar-refractivity contribution in [1.82, 2.24) is 0 Å². The molecule has 0 bridgehead atoms. The molecule has 26 heavy (non-hydrogen) atoms. The van der Waals surface area contributed by atoms with Gasteiger partial charge in [-0.1, -0.05) is 13.0 Å². The molecule has 2 aromatic carbocycles. The van der Waals surface area contributed by atoms with Crippen LogP contribution in [-0.4, -0.2) is 23.9 Å². The molecule has 0 aromatic heterocycles. The molecule has 1 aliphatic carbocycles. The average molecular weight is 348 g/mol. The van der Waals surface area contributed by atoms with Crippen LogP contribution in [0.2, 0.25) is 0 Å². The van der Waals surface area contributed by atoms with Crippen LogP contribution in [0, 0.1) is 0 Å². The van der Waals surface area contributed by atoms with Gasteiger partial charge >= 0.3 is 23.9 Å². The molecule has 6 nitrogen and oxygen atoms in total. The zero-order valence-corrected chi connectivity index (χ0v) is 13.7. The molecular formula is C20H12O6. The van der Waals surface area contributed by atoms with E-state index in [9.17, 15) is 19.2 Å². The molecule has 0 saturated carbocycles. The number of carbonyl (C=O) groups excluding carboxylic acids is 4. The largest absolute Gasteiger partial charge is 0.386 e. The van der Waals surface area contributed by atoms with Gasteiger partial charge in [0.2, 0.25) is 0 Å². The van der Waals surface area contributed by atoms with Gasteiger partial charge < -0.3 is 9.47 Å². The number of hydrogen-bond donors (Lipinski definition) is 0. The Hall–Kier alpha value is -3.28. The lowest BCUT2D eigenvalue weighted by Gasteiger charge is -2.13. The predicted octanol–water partition coefficient (Wildman–Crippen LogP) is 2.95. The fraction of sp³-hybridized carbons (Fsp3) is 0.200. The number of benzene rings is 2. The maximum Gasteiger partial charge on any atom is 0.346 e. The summed E-state index contributed by atoms with van der Waals surface area (Å²) in [5.74, 6) is -2.36. The summed E-state index contributed by atoms with van der Waals surface area (Å²) >= 11 is 0. The fourth-order valence-electron chi connectivity index (χ4n) is 4.14. The van der Waals surface area contributed by atoms with E-state index in [1.54, 1.807) is 24.3 Å². The molecule has 2 aliphatic heterocycles. The number of cyclic esters (lactones) is 4. The van der Waals surface area contributed by atoms with Crippen molar-refractivity contribution >= 4 is 23.9 Å². The van der Waals surface area contributed by atoms with E-state index in [0.29, 0.717) is 5.56 Å². The molecule has 128 valence electrons. The summed E-state index contributed by atoms with van der Waals surface area (Å²) in [5.41, 5.74) is 3.95. The summed E-state index contributed by atoms with van der Waals surface area (Å²) in [4.78, 5) is 47.2. The van der Waals surface area contributed by atoms with Gasteiger partial charge in [-0.2, -0.15) is 0 Å². The fourth-order valence-corrected chi connectivity index (χ4v) is 4.14. The van der Waals surface area contributed by atoms with Crippen LogP contribution in [0.5, 0.6) is 0 Å². The number of carbonyl (C=O) groups is 4. The van der Waals surface area contributed by atoms with Gasteiger partial charge in [0.25, 0.3) is 0 Å². The molecule has 2 atom stereocenters. The molecule has 2 heterocycles. The third kappa shape index (κ3) is 1.87. The monoisotopic (exact) mass is 348 g/mol. The molecule has 0 saturated heterocycles. The topological polar surface area (TPSA) is 86.7 Å². The molecule has 2 aromatic rings. The van der Waals surface area contributed by atoms with Gasteiger partial charge in [0.05, 0.1) is 22.3 Å². The Balaban J connectivity index is 1.64. The van der Waals surface area contributed by atoms with Gasteiger partial charge in [-0.15, -0.1) is 0 Å². The van der Waals surface area contributed by atoms with Crippen LogP contribution in [0.25, 0.3) is 0 Å². The first-order chi connectivity index (χ1) is 12.4. The molecule has 0 spiro atoms. The summed E-state index contributed by atoms with van der Waals surface area (Å²) in [5, 5.41) is 0. The third-order valence-electron chi connectivity index (χ3n) is 5.42. The summed E-state index contributed by atoms with van der Waals surface area (Å²) in [6.45, 7) is 2.05. The lowest BCUT2D eigenvalue weighted by molar-refractivity contribution is 0.0425. The minimum absolute atomic E-state index is 0.0393. The summed E-state index contributed by atoms with van der Waals surface area (Å²) in [7, 11) is 0. The van der Waals surface area contributed by atoms with Crippen molar-refractivity contribution < 1.29 is 28.7 Å². The average Bonchev–Trinajstić information content (AvgIpc) is 3.20. The third-order valence-corrected chi connectivity index (χ3v) is 5.42. The predicted molar refractivity (Wildman–Crippen MR) is 87.3 cm³/mol. The van der Waals surface area contributed by atoms with E-state index in [2.05, 4.69) is 11.7 Å². The van der Waals surface area contributed by atoms with Crippen molar-refractivity contribution in [1.29, 1.82) is 0 Å². The maximum atomic E-state index is 11.9. The second-order valence-electron chi connectivity index (χ2n) is 6.88. The minimum Gasteiger partial charge on any atom is -0.386 e. The summed E-state index contributed by atoms with van der Waals surface area (Å²) < 4.78 is 9.35. The summed E-state index contributed by atoms with van der Waals surface area (Å²) in [6.07, 6.45) is 0.781. The van der Waals surface area contributed by atoms with E-state index in [1.807, 2.05) is 6.07 Å². The Morgan fingerprint density at radius 3 is 1.92 bits per heavy atom. The number of hydrogen-bond acceptors (Lipinski definition) is 6. The molecule has 3 aliphatic rings. The first kappa shape index (κ1) is 15.0. The molecule has 0 N–H and O–H groups in total. The van der Waals surface area contributed by atoms with Crippen molar-refractivity contribution in [2.45, 2.75) is 25.2 Å². The van der Waals surface area contributed by atoms with Crippen LogP contribution in [0.4, 0.5) is 0 Å². The van der Waals surface area contributed by atoms with Crippen molar-refractivity contribution in [2.75, 3.05) is 0 Å². The van der Waals surface area contributed by atoms with Crippen molar-refractivity contribution in [3.05, 3.63) is 69.3 Å². The molecule has 0 fully saturated rings. The lowest BCUT2D eigenvalue weighted by atomic mass is 9.89. The smallest absolute Gasteiger partial charge is 0.346 e. The van der Waals surface area contributed by atoms with Crippen LogP contribution in [-0.2, 0) is 9.47 Å². The van der Waals surface area contributed by atoms with Crippen molar-refractivity contribution in [3.63, 3.8) is 0 Å². The van der Waals surface area contributed by atoms with Gasteiger partial charge in [0, 0.05) is 5.92 Å². The van der Waals surface area contributed by atoms with Gasteiger partial charge in [0.15, 0.2) is 0 Å².